The van der Waals surface area contributed by atoms with Crippen molar-refractivity contribution in [2.45, 2.75) is 26.9 Å². The lowest BCUT2D eigenvalue weighted by molar-refractivity contribution is 0.0779. The SMILES string of the molecule is Cc1cccc(CNc2nc(C)cc(C(=O)N(C)Cc3ccccc3)n2)c1. The van der Waals surface area contributed by atoms with Crippen molar-refractivity contribution in [2.75, 3.05) is 12.4 Å². The van der Waals surface area contributed by atoms with Crippen molar-refractivity contribution in [1.82, 2.24) is 14.9 Å². The summed E-state index contributed by atoms with van der Waals surface area (Å²) in [5.41, 5.74) is 4.59. The Kier molecular flexibility index (Phi) is 5.81. The first-order valence-electron chi connectivity index (χ1n) is 8.96. The molecule has 138 valence electrons. The lowest BCUT2D eigenvalue weighted by Crippen LogP contribution is -2.27. The molecular weight excluding hydrogens is 336 g/mol. The Hall–Kier alpha value is -3.21. The molecule has 0 aliphatic carbocycles. The van der Waals surface area contributed by atoms with Crippen LogP contribution in [0.2, 0.25) is 0 Å². The van der Waals surface area contributed by atoms with E-state index < -0.39 is 0 Å². The van der Waals surface area contributed by atoms with E-state index in [-0.39, 0.29) is 5.91 Å². The van der Waals surface area contributed by atoms with Crippen LogP contribution >= 0.6 is 0 Å². The van der Waals surface area contributed by atoms with E-state index >= 15 is 0 Å². The largest absolute Gasteiger partial charge is 0.350 e. The number of hydrogen-bond donors (Lipinski definition) is 1. The third kappa shape index (κ3) is 5.14. The molecule has 27 heavy (non-hydrogen) atoms. The maximum atomic E-state index is 12.8. The van der Waals surface area contributed by atoms with Crippen LogP contribution in [-0.2, 0) is 13.1 Å². The zero-order valence-corrected chi connectivity index (χ0v) is 15.9. The molecule has 1 amide bonds. The molecule has 0 saturated carbocycles. The van der Waals surface area contributed by atoms with Gasteiger partial charge in [0.2, 0.25) is 5.95 Å². The van der Waals surface area contributed by atoms with E-state index in [9.17, 15) is 4.79 Å². The predicted molar refractivity (Wildman–Crippen MR) is 108 cm³/mol. The highest BCUT2D eigenvalue weighted by atomic mass is 16.2. The minimum Gasteiger partial charge on any atom is -0.350 e. The zero-order chi connectivity index (χ0) is 19.2. The minimum absolute atomic E-state index is 0.122. The van der Waals surface area contributed by atoms with Crippen molar-refractivity contribution < 1.29 is 4.79 Å². The van der Waals surface area contributed by atoms with Crippen LogP contribution in [0.3, 0.4) is 0 Å². The highest BCUT2D eigenvalue weighted by Gasteiger charge is 2.15. The molecule has 0 unspecified atom stereocenters. The first-order valence-corrected chi connectivity index (χ1v) is 8.96. The molecule has 0 fully saturated rings. The Morgan fingerprint density at radius 2 is 1.70 bits per heavy atom. The fourth-order valence-electron chi connectivity index (χ4n) is 2.89. The average molecular weight is 360 g/mol. The van der Waals surface area contributed by atoms with Gasteiger partial charge in [0.25, 0.3) is 5.91 Å². The van der Waals surface area contributed by atoms with E-state index in [0.29, 0.717) is 24.7 Å². The number of amides is 1. The number of nitrogens with one attached hydrogen (secondary N) is 1. The Morgan fingerprint density at radius 1 is 0.963 bits per heavy atom. The molecule has 3 aromatic rings. The van der Waals surface area contributed by atoms with Gasteiger partial charge in [-0.2, -0.15) is 0 Å². The van der Waals surface area contributed by atoms with Crippen molar-refractivity contribution in [3.63, 3.8) is 0 Å². The van der Waals surface area contributed by atoms with Crippen LogP contribution in [0.5, 0.6) is 0 Å². The Labute approximate surface area is 160 Å². The highest BCUT2D eigenvalue weighted by Crippen LogP contribution is 2.12. The summed E-state index contributed by atoms with van der Waals surface area (Å²) in [6, 6.07) is 19.9. The predicted octanol–water partition coefficient (Wildman–Crippen LogP) is 3.98. The van der Waals surface area contributed by atoms with Crippen LogP contribution in [0.25, 0.3) is 0 Å². The molecule has 1 N–H and O–H groups in total. The average Bonchev–Trinajstić information content (AvgIpc) is 2.66. The minimum atomic E-state index is -0.122. The normalized spacial score (nSPS) is 10.5. The number of nitrogens with zero attached hydrogens (tertiary/aromatic N) is 3. The third-order valence-corrected chi connectivity index (χ3v) is 4.22. The summed E-state index contributed by atoms with van der Waals surface area (Å²) < 4.78 is 0. The quantitative estimate of drug-likeness (QED) is 0.722. The van der Waals surface area contributed by atoms with Crippen molar-refractivity contribution >= 4 is 11.9 Å². The molecule has 0 bridgehead atoms. The topological polar surface area (TPSA) is 58.1 Å². The fraction of sp³-hybridized carbons (Fsp3) is 0.227. The zero-order valence-electron chi connectivity index (χ0n) is 15.9. The second-order valence-corrected chi connectivity index (χ2v) is 6.71. The maximum absolute atomic E-state index is 12.8. The molecule has 5 nitrogen and oxygen atoms in total. The molecule has 0 saturated heterocycles. The van der Waals surface area contributed by atoms with Crippen LogP contribution in [-0.4, -0.2) is 27.8 Å². The number of aryl methyl sites for hydroxylation is 2. The molecule has 1 heterocycles. The van der Waals surface area contributed by atoms with Crippen LogP contribution in [0, 0.1) is 13.8 Å². The van der Waals surface area contributed by atoms with E-state index in [4.69, 9.17) is 0 Å². The van der Waals surface area contributed by atoms with E-state index in [1.54, 1.807) is 18.0 Å². The molecule has 1 aromatic heterocycles. The second-order valence-electron chi connectivity index (χ2n) is 6.71. The van der Waals surface area contributed by atoms with E-state index in [1.807, 2.05) is 43.3 Å². The number of hydrogen-bond acceptors (Lipinski definition) is 4. The first kappa shape index (κ1) is 18.6. The molecular formula is C22H24N4O. The summed E-state index contributed by atoms with van der Waals surface area (Å²) in [7, 11) is 1.78. The number of carbonyl (C=O) groups excluding carboxylic acids is 1. The lowest BCUT2D eigenvalue weighted by Gasteiger charge is -2.17. The van der Waals surface area contributed by atoms with Gasteiger partial charge in [-0.25, -0.2) is 9.97 Å². The van der Waals surface area contributed by atoms with Crippen LogP contribution < -0.4 is 5.32 Å². The molecule has 5 heteroatoms. The van der Waals surface area contributed by atoms with E-state index in [1.165, 1.54) is 5.56 Å². The van der Waals surface area contributed by atoms with Crippen molar-refractivity contribution in [1.29, 1.82) is 0 Å². The highest BCUT2D eigenvalue weighted by molar-refractivity contribution is 5.92. The van der Waals surface area contributed by atoms with Crippen LogP contribution in [0.1, 0.15) is 32.9 Å². The number of aromatic nitrogens is 2. The molecule has 0 aliphatic rings. The van der Waals surface area contributed by atoms with Crippen LogP contribution in [0.4, 0.5) is 5.95 Å². The number of carbonyl (C=O) groups is 1. The van der Waals surface area contributed by atoms with Gasteiger partial charge in [-0.3, -0.25) is 4.79 Å². The van der Waals surface area contributed by atoms with Gasteiger partial charge in [-0.05, 0) is 31.0 Å². The van der Waals surface area contributed by atoms with Gasteiger partial charge < -0.3 is 10.2 Å². The number of anilines is 1. The van der Waals surface area contributed by atoms with Gasteiger partial charge in [0, 0.05) is 25.8 Å². The second kappa shape index (κ2) is 8.45. The molecule has 3 rings (SSSR count). The third-order valence-electron chi connectivity index (χ3n) is 4.22. The summed E-state index contributed by atoms with van der Waals surface area (Å²) in [6.45, 7) is 5.08. The van der Waals surface area contributed by atoms with Gasteiger partial charge in [0.05, 0.1) is 0 Å². The first-order chi connectivity index (χ1) is 13.0. The molecule has 0 radical (unpaired) electrons. The van der Waals surface area contributed by atoms with Crippen molar-refractivity contribution in [3.05, 3.63) is 88.7 Å². The Balaban J connectivity index is 1.71. The Morgan fingerprint density at radius 3 is 2.44 bits per heavy atom. The van der Waals surface area contributed by atoms with Gasteiger partial charge in [0.1, 0.15) is 5.69 Å². The summed E-state index contributed by atoms with van der Waals surface area (Å²) >= 11 is 0. The molecule has 2 aromatic carbocycles. The van der Waals surface area contributed by atoms with Gasteiger partial charge in [0.15, 0.2) is 0 Å². The number of benzene rings is 2. The smallest absolute Gasteiger partial charge is 0.272 e. The number of rotatable bonds is 6. The van der Waals surface area contributed by atoms with E-state index in [0.717, 1.165) is 16.8 Å². The maximum Gasteiger partial charge on any atom is 0.272 e. The van der Waals surface area contributed by atoms with Crippen molar-refractivity contribution in [3.8, 4) is 0 Å². The Bertz CT molecular complexity index is 925. The monoisotopic (exact) mass is 360 g/mol. The van der Waals surface area contributed by atoms with E-state index in [2.05, 4.69) is 40.4 Å². The standard InChI is InChI=1S/C22H24N4O/c1-16-8-7-11-19(12-16)14-23-22-24-17(2)13-20(25-22)21(27)26(3)15-18-9-5-4-6-10-18/h4-13H,14-15H2,1-3H3,(H,23,24,25). The summed E-state index contributed by atoms with van der Waals surface area (Å²) in [4.78, 5) is 23.3. The summed E-state index contributed by atoms with van der Waals surface area (Å²) in [5, 5.41) is 3.22. The van der Waals surface area contributed by atoms with Gasteiger partial charge in [-0.1, -0.05) is 60.2 Å². The molecule has 0 atom stereocenters. The summed E-state index contributed by atoms with van der Waals surface area (Å²) in [6.07, 6.45) is 0. The van der Waals surface area contributed by atoms with Crippen LogP contribution in [0.15, 0.2) is 60.7 Å². The summed E-state index contributed by atoms with van der Waals surface area (Å²) in [5.74, 6) is 0.343. The van der Waals surface area contributed by atoms with Gasteiger partial charge >= 0.3 is 0 Å². The molecule has 0 spiro atoms. The molecule has 0 aliphatic heterocycles. The van der Waals surface area contributed by atoms with Crippen molar-refractivity contribution in [2.24, 2.45) is 0 Å². The fourth-order valence-corrected chi connectivity index (χ4v) is 2.89. The lowest BCUT2D eigenvalue weighted by atomic mass is 10.1. The van der Waals surface area contributed by atoms with Gasteiger partial charge in [-0.15, -0.1) is 0 Å².